The Morgan fingerprint density at radius 1 is 1.06 bits per heavy atom. The second-order valence-electron chi connectivity index (χ2n) is 8.73. The first-order valence-corrected chi connectivity index (χ1v) is 11.1. The van der Waals surface area contributed by atoms with Crippen LogP contribution in [-0.4, -0.2) is 24.1 Å². The van der Waals surface area contributed by atoms with E-state index in [0.29, 0.717) is 6.61 Å². The van der Waals surface area contributed by atoms with Crippen LogP contribution in [0.1, 0.15) is 30.9 Å². The molecule has 0 fully saturated rings. The van der Waals surface area contributed by atoms with Crippen LogP contribution < -0.4 is 0 Å². The highest BCUT2D eigenvalue weighted by molar-refractivity contribution is 7.82. The van der Waals surface area contributed by atoms with E-state index >= 15 is 0 Å². The highest BCUT2D eigenvalue weighted by atomic mass is 32.1. The lowest BCUT2D eigenvalue weighted by Gasteiger charge is -2.35. The van der Waals surface area contributed by atoms with Crippen LogP contribution in [0, 0.1) is 5.92 Å². The van der Waals surface area contributed by atoms with Gasteiger partial charge < -0.3 is 9.47 Å². The quantitative estimate of drug-likeness (QED) is 0.544. The summed E-state index contributed by atoms with van der Waals surface area (Å²) in [6, 6.07) is 8.68. The summed E-state index contributed by atoms with van der Waals surface area (Å²) in [5.41, 5.74) is 4.35. The topological polar surface area (TPSA) is 18.5 Å². The maximum atomic E-state index is 6.31. The van der Waals surface area contributed by atoms with E-state index < -0.39 is 5.60 Å². The molecule has 0 bridgehead atoms. The monoisotopic (exact) mass is 430 g/mol. The summed E-state index contributed by atoms with van der Waals surface area (Å²) in [5.74, 6) is 1.26. The van der Waals surface area contributed by atoms with Crippen LogP contribution in [0.25, 0.3) is 6.08 Å². The second-order valence-corrected chi connectivity index (χ2v) is 9.69. The third kappa shape index (κ3) is 4.58. The molecule has 1 aromatic carbocycles. The zero-order chi connectivity index (χ0) is 22.1. The smallest absolute Gasteiger partial charge is 0.122 e. The van der Waals surface area contributed by atoms with E-state index in [9.17, 15) is 0 Å². The SMILES string of the molecule is C=Cc1ccc(C2C3=C(C=CC(C)(OC)C=C3)OCC2C2=CC=CC(C)(S)C=C2)cc1. The van der Waals surface area contributed by atoms with Gasteiger partial charge in [-0.05, 0) is 48.8 Å². The summed E-state index contributed by atoms with van der Waals surface area (Å²) in [6.45, 7) is 8.65. The summed E-state index contributed by atoms with van der Waals surface area (Å²) in [6.07, 6.45) is 21.1. The lowest BCUT2D eigenvalue weighted by molar-refractivity contribution is 0.0905. The Hall–Kier alpha value is -2.49. The third-order valence-corrected chi connectivity index (χ3v) is 6.63. The van der Waals surface area contributed by atoms with Crippen molar-refractivity contribution >= 4 is 18.7 Å². The third-order valence-electron chi connectivity index (χ3n) is 6.33. The summed E-state index contributed by atoms with van der Waals surface area (Å²) >= 11 is 4.73. The van der Waals surface area contributed by atoms with Gasteiger partial charge in [-0.15, -0.1) is 0 Å². The number of ether oxygens (including phenoxy) is 2. The van der Waals surface area contributed by atoms with Gasteiger partial charge in [-0.2, -0.15) is 12.6 Å². The summed E-state index contributed by atoms with van der Waals surface area (Å²) in [5, 5.41) is 0. The number of thiol groups is 1. The summed E-state index contributed by atoms with van der Waals surface area (Å²) in [4.78, 5) is 0. The Kier molecular flexibility index (Phi) is 6.00. The molecular formula is C28H30O2S. The molecule has 160 valence electrons. The molecular weight excluding hydrogens is 400 g/mol. The fraction of sp³-hybridized carbons (Fsp3) is 0.286. The highest BCUT2D eigenvalue weighted by Crippen LogP contribution is 2.45. The van der Waals surface area contributed by atoms with E-state index in [-0.39, 0.29) is 16.6 Å². The Balaban J connectivity index is 1.81. The minimum absolute atomic E-state index is 0.163. The Bertz CT molecular complexity index is 1030. The van der Waals surface area contributed by atoms with Crippen molar-refractivity contribution < 1.29 is 9.47 Å². The second kappa shape index (κ2) is 8.57. The van der Waals surface area contributed by atoms with E-state index in [0.717, 1.165) is 11.3 Å². The molecule has 4 unspecified atom stereocenters. The van der Waals surface area contributed by atoms with Crippen LogP contribution in [0.2, 0.25) is 0 Å². The van der Waals surface area contributed by atoms with Gasteiger partial charge in [0.15, 0.2) is 0 Å². The molecule has 0 N–H and O–H groups in total. The van der Waals surface area contributed by atoms with Crippen LogP contribution in [-0.2, 0) is 9.47 Å². The van der Waals surface area contributed by atoms with Gasteiger partial charge >= 0.3 is 0 Å². The number of rotatable bonds is 4. The van der Waals surface area contributed by atoms with Gasteiger partial charge in [0, 0.05) is 29.3 Å². The number of hydrogen-bond donors (Lipinski definition) is 1. The van der Waals surface area contributed by atoms with Gasteiger partial charge in [-0.25, -0.2) is 0 Å². The Morgan fingerprint density at radius 3 is 2.52 bits per heavy atom. The van der Waals surface area contributed by atoms with Crippen molar-refractivity contribution in [2.45, 2.75) is 30.1 Å². The zero-order valence-corrected chi connectivity index (χ0v) is 19.3. The molecule has 4 atom stereocenters. The molecule has 2 nitrogen and oxygen atoms in total. The molecule has 0 amide bonds. The lowest BCUT2D eigenvalue weighted by atomic mass is 9.74. The number of allylic oxidation sites excluding steroid dienone is 6. The Labute approximate surface area is 191 Å². The first kappa shape index (κ1) is 21.7. The molecule has 3 heteroatoms. The molecule has 1 heterocycles. The lowest BCUT2D eigenvalue weighted by Crippen LogP contribution is -2.27. The molecule has 1 aromatic rings. The van der Waals surface area contributed by atoms with Crippen LogP contribution in [0.5, 0.6) is 0 Å². The molecule has 0 radical (unpaired) electrons. The van der Waals surface area contributed by atoms with Crippen LogP contribution in [0.4, 0.5) is 0 Å². The van der Waals surface area contributed by atoms with Gasteiger partial charge in [0.25, 0.3) is 0 Å². The van der Waals surface area contributed by atoms with Gasteiger partial charge in [-0.1, -0.05) is 73.4 Å². The fourth-order valence-corrected chi connectivity index (χ4v) is 4.43. The van der Waals surface area contributed by atoms with Crippen molar-refractivity contribution in [2.75, 3.05) is 13.7 Å². The van der Waals surface area contributed by atoms with Gasteiger partial charge in [-0.3, -0.25) is 0 Å². The predicted molar refractivity (Wildman–Crippen MR) is 133 cm³/mol. The average Bonchev–Trinajstić information content (AvgIpc) is 3.07. The van der Waals surface area contributed by atoms with Crippen molar-refractivity contribution in [1.82, 2.24) is 0 Å². The first-order valence-electron chi connectivity index (χ1n) is 10.7. The van der Waals surface area contributed by atoms with E-state index in [1.807, 2.05) is 6.08 Å². The first-order chi connectivity index (χ1) is 14.8. The predicted octanol–water partition coefficient (Wildman–Crippen LogP) is 6.59. The maximum absolute atomic E-state index is 6.31. The van der Waals surface area contributed by atoms with Crippen LogP contribution >= 0.6 is 12.6 Å². The van der Waals surface area contributed by atoms with Gasteiger partial charge in [0.1, 0.15) is 11.4 Å². The van der Waals surface area contributed by atoms with Crippen molar-refractivity contribution in [2.24, 2.45) is 5.92 Å². The molecule has 0 saturated heterocycles. The van der Waals surface area contributed by atoms with E-state index in [1.54, 1.807) is 7.11 Å². The summed E-state index contributed by atoms with van der Waals surface area (Å²) < 4.78 is 11.8. The molecule has 4 rings (SSSR count). The number of hydrogen-bond acceptors (Lipinski definition) is 3. The van der Waals surface area contributed by atoms with Gasteiger partial charge in [0.05, 0.1) is 6.61 Å². The molecule has 2 aliphatic carbocycles. The van der Waals surface area contributed by atoms with Gasteiger partial charge in [0.2, 0.25) is 0 Å². The number of benzene rings is 1. The van der Waals surface area contributed by atoms with Crippen molar-refractivity contribution in [3.8, 4) is 0 Å². The van der Waals surface area contributed by atoms with Crippen molar-refractivity contribution in [3.05, 3.63) is 114 Å². The van der Waals surface area contributed by atoms with Crippen LogP contribution in [0.3, 0.4) is 0 Å². The van der Waals surface area contributed by atoms with Crippen molar-refractivity contribution in [1.29, 1.82) is 0 Å². The number of methoxy groups -OCH3 is 1. The standard InChI is InChI=1S/C28H30O2S/c1-5-20-8-10-22(11-9-20)26-23-13-16-27(2,29-4)17-14-25(23)30-19-24(26)21-7-6-15-28(3,31)18-12-21/h5-18,24,26,31H,1,19H2,2-4H3. The average molecular weight is 431 g/mol. The molecule has 1 aliphatic heterocycles. The Morgan fingerprint density at radius 2 is 1.81 bits per heavy atom. The minimum Gasteiger partial charge on any atom is -0.493 e. The maximum Gasteiger partial charge on any atom is 0.122 e. The molecule has 0 spiro atoms. The highest BCUT2D eigenvalue weighted by Gasteiger charge is 2.36. The molecule has 0 aromatic heterocycles. The molecule has 0 saturated carbocycles. The van der Waals surface area contributed by atoms with Crippen LogP contribution in [0.15, 0.2) is 102 Å². The molecule has 3 aliphatic rings. The summed E-state index contributed by atoms with van der Waals surface area (Å²) in [7, 11) is 1.73. The van der Waals surface area contributed by atoms with E-state index in [1.165, 1.54) is 16.7 Å². The van der Waals surface area contributed by atoms with Crippen molar-refractivity contribution in [3.63, 3.8) is 0 Å². The zero-order valence-electron chi connectivity index (χ0n) is 18.4. The normalized spacial score (nSPS) is 32.1. The van der Waals surface area contributed by atoms with E-state index in [4.69, 9.17) is 22.1 Å². The molecule has 31 heavy (non-hydrogen) atoms. The fourth-order valence-electron chi connectivity index (χ4n) is 4.26. The largest absolute Gasteiger partial charge is 0.493 e. The minimum atomic E-state index is -0.453. The van der Waals surface area contributed by atoms with E-state index in [2.05, 4.69) is 99.4 Å².